The van der Waals surface area contributed by atoms with Gasteiger partial charge in [-0.3, -0.25) is 4.79 Å². The number of sulfonamides is 1. The Morgan fingerprint density at radius 2 is 2.18 bits per heavy atom. The highest BCUT2D eigenvalue weighted by Gasteiger charge is 2.12. The third-order valence-electron chi connectivity index (χ3n) is 2.93. The lowest BCUT2D eigenvalue weighted by molar-refractivity contribution is 0.587. The molecule has 0 radical (unpaired) electrons. The topological polar surface area (TPSA) is 96.7 Å². The van der Waals surface area contributed by atoms with E-state index in [1.54, 1.807) is 11.9 Å². The van der Waals surface area contributed by atoms with Gasteiger partial charge in [0.15, 0.2) is 0 Å². The molecule has 0 aromatic carbocycles. The molecule has 122 valence electrons. The maximum atomic E-state index is 12.0. The summed E-state index contributed by atoms with van der Waals surface area (Å²) in [5.74, 6) is 0. The predicted molar refractivity (Wildman–Crippen MR) is 87.2 cm³/mol. The first-order valence-electron chi connectivity index (χ1n) is 6.85. The third-order valence-corrected chi connectivity index (χ3v) is 4.68. The number of fused-ring (bicyclic) bond motifs is 1. The van der Waals surface area contributed by atoms with Crippen LogP contribution >= 0.6 is 11.3 Å². The van der Waals surface area contributed by atoms with Crippen molar-refractivity contribution < 1.29 is 8.42 Å². The second kappa shape index (κ2) is 6.71. The Kier molecular flexibility index (Phi) is 5.14. The smallest absolute Gasteiger partial charge is 0.275 e. The van der Waals surface area contributed by atoms with Crippen molar-refractivity contribution in [3.05, 3.63) is 22.1 Å². The van der Waals surface area contributed by atoms with Crippen LogP contribution in [0.2, 0.25) is 0 Å². The maximum Gasteiger partial charge on any atom is 0.275 e. The summed E-state index contributed by atoms with van der Waals surface area (Å²) in [4.78, 5) is 18.8. The number of aromatic nitrogens is 3. The van der Waals surface area contributed by atoms with Gasteiger partial charge in [-0.1, -0.05) is 24.7 Å². The highest BCUT2D eigenvalue weighted by atomic mass is 32.2. The fraction of sp³-hybridized carbons (Fsp3) is 0.583. The zero-order valence-electron chi connectivity index (χ0n) is 12.7. The van der Waals surface area contributed by atoms with E-state index in [1.165, 1.54) is 21.9 Å². The summed E-state index contributed by atoms with van der Waals surface area (Å²) in [5.41, 5.74) is 0.572. The van der Waals surface area contributed by atoms with Crippen molar-refractivity contribution in [2.24, 2.45) is 0 Å². The SMILES string of the molecule is CCCc1cc(=O)n2nc(N(C)CCNS(C)(=O)=O)sc2n1. The van der Waals surface area contributed by atoms with Gasteiger partial charge in [0.2, 0.25) is 20.1 Å². The summed E-state index contributed by atoms with van der Waals surface area (Å²) >= 11 is 1.31. The number of hydrogen-bond acceptors (Lipinski definition) is 7. The van der Waals surface area contributed by atoms with Gasteiger partial charge in [0.25, 0.3) is 5.56 Å². The van der Waals surface area contributed by atoms with Gasteiger partial charge in [-0.05, 0) is 6.42 Å². The molecule has 0 saturated heterocycles. The van der Waals surface area contributed by atoms with Crippen LogP contribution in [0.5, 0.6) is 0 Å². The summed E-state index contributed by atoms with van der Waals surface area (Å²) < 4.78 is 25.8. The van der Waals surface area contributed by atoms with Gasteiger partial charge < -0.3 is 4.90 Å². The average Bonchev–Trinajstić information content (AvgIpc) is 2.82. The van der Waals surface area contributed by atoms with E-state index in [-0.39, 0.29) is 12.1 Å². The Bertz CT molecular complexity index is 812. The van der Waals surface area contributed by atoms with E-state index in [2.05, 4.69) is 14.8 Å². The lowest BCUT2D eigenvalue weighted by Gasteiger charge is -2.14. The molecule has 1 N–H and O–H groups in total. The van der Waals surface area contributed by atoms with Gasteiger partial charge in [0, 0.05) is 31.9 Å². The normalized spacial score (nSPS) is 12.0. The van der Waals surface area contributed by atoms with Gasteiger partial charge in [0.1, 0.15) is 0 Å². The quantitative estimate of drug-likeness (QED) is 0.764. The fourth-order valence-electron chi connectivity index (χ4n) is 1.88. The molecule has 0 saturated carbocycles. The van der Waals surface area contributed by atoms with Crippen molar-refractivity contribution in [3.8, 4) is 0 Å². The Morgan fingerprint density at radius 3 is 2.82 bits per heavy atom. The molecule has 0 atom stereocenters. The molecule has 0 fully saturated rings. The summed E-state index contributed by atoms with van der Waals surface area (Å²) in [7, 11) is -1.42. The molecule has 0 bridgehead atoms. The van der Waals surface area contributed by atoms with Gasteiger partial charge in [-0.15, -0.1) is 5.10 Å². The fourth-order valence-corrected chi connectivity index (χ4v) is 3.25. The molecule has 0 spiro atoms. The van der Waals surface area contributed by atoms with Crippen LogP contribution in [0.25, 0.3) is 4.96 Å². The van der Waals surface area contributed by atoms with E-state index in [4.69, 9.17) is 0 Å². The molecule has 2 aromatic rings. The minimum absolute atomic E-state index is 0.196. The summed E-state index contributed by atoms with van der Waals surface area (Å²) in [6, 6.07) is 1.51. The zero-order chi connectivity index (χ0) is 16.3. The van der Waals surface area contributed by atoms with Crippen LogP contribution in [0.3, 0.4) is 0 Å². The molecule has 10 heteroatoms. The summed E-state index contributed by atoms with van der Waals surface area (Å²) in [6.07, 6.45) is 2.79. The molecule has 22 heavy (non-hydrogen) atoms. The van der Waals surface area contributed by atoms with Crippen LogP contribution in [-0.2, 0) is 16.4 Å². The molecule has 8 nitrogen and oxygen atoms in total. The molecular formula is C12H19N5O3S2. The number of nitrogens with zero attached hydrogens (tertiary/aromatic N) is 4. The number of anilines is 1. The second-order valence-corrected chi connectivity index (χ2v) is 7.77. The zero-order valence-corrected chi connectivity index (χ0v) is 14.4. The van der Waals surface area contributed by atoms with Crippen LogP contribution in [0, 0.1) is 0 Å². The number of aryl methyl sites for hydroxylation is 1. The van der Waals surface area contributed by atoms with Crippen molar-refractivity contribution in [1.29, 1.82) is 0 Å². The highest BCUT2D eigenvalue weighted by molar-refractivity contribution is 7.88. The van der Waals surface area contributed by atoms with E-state index in [9.17, 15) is 13.2 Å². The van der Waals surface area contributed by atoms with Crippen molar-refractivity contribution >= 4 is 31.5 Å². The Morgan fingerprint density at radius 1 is 1.45 bits per heavy atom. The van der Waals surface area contributed by atoms with Gasteiger partial charge in [0.05, 0.1) is 6.26 Å². The second-order valence-electron chi connectivity index (χ2n) is 5.00. The number of nitrogens with one attached hydrogen (secondary N) is 1. The Balaban J connectivity index is 2.18. The molecule has 2 aromatic heterocycles. The molecule has 0 aliphatic carbocycles. The Labute approximate surface area is 132 Å². The average molecular weight is 345 g/mol. The van der Waals surface area contributed by atoms with Crippen molar-refractivity contribution in [1.82, 2.24) is 19.3 Å². The standard InChI is InChI=1S/C12H19N5O3S2/c1-4-5-9-8-10(18)17-11(14-9)21-12(15-17)16(2)7-6-13-22(3,19)20/h8,13H,4-7H2,1-3H3. The van der Waals surface area contributed by atoms with Crippen LogP contribution in [0.15, 0.2) is 10.9 Å². The lowest BCUT2D eigenvalue weighted by atomic mass is 10.2. The third kappa shape index (κ3) is 4.24. The first kappa shape index (κ1) is 16.8. The molecule has 2 rings (SSSR count). The minimum atomic E-state index is -3.21. The minimum Gasteiger partial charge on any atom is -0.348 e. The first-order valence-corrected chi connectivity index (χ1v) is 9.56. The monoisotopic (exact) mass is 345 g/mol. The van der Waals surface area contributed by atoms with Crippen molar-refractivity contribution in [3.63, 3.8) is 0 Å². The number of likely N-dealkylation sites (N-methyl/N-ethyl adjacent to an activating group) is 1. The van der Waals surface area contributed by atoms with Crippen LogP contribution in [0.1, 0.15) is 19.0 Å². The van der Waals surface area contributed by atoms with Crippen LogP contribution < -0.4 is 15.2 Å². The van der Waals surface area contributed by atoms with Crippen molar-refractivity contribution in [2.45, 2.75) is 19.8 Å². The van der Waals surface area contributed by atoms with Crippen LogP contribution in [-0.4, -0.2) is 49.4 Å². The largest absolute Gasteiger partial charge is 0.348 e. The molecule has 0 amide bonds. The van der Waals surface area contributed by atoms with Gasteiger partial charge >= 0.3 is 0 Å². The molecule has 2 heterocycles. The number of rotatable bonds is 7. The predicted octanol–water partition coefficient (Wildman–Crippen LogP) is 0.0889. The molecule has 0 aliphatic rings. The van der Waals surface area contributed by atoms with E-state index in [1.807, 2.05) is 6.92 Å². The summed E-state index contributed by atoms with van der Waals surface area (Å²) in [6.45, 7) is 2.75. The number of hydrogen-bond donors (Lipinski definition) is 1. The van der Waals surface area contributed by atoms with E-state index in [0.717, 1.165) is 24.8 Å². The molecule has 0 aliphatic heterocycles. The maximum absolute atomic E-state index is 12.0. The van der Waals surface area contributed by atoms with Crippen molar-refractivity contribution in [2.75, 3.05) is 31.3 Å². The first-order chi connectivity index (χ1) is 10.3. The van der Waals surface area contributed by atoms with E-state index in [0.29, 0.717) is 16.6 Å². The van der Waals surface area contributed by atoms with Gasteiger partial charge in [-0.25, -0.2) is 18.1 Å². The Hall–Kier alpha value is -1.52. The van der Waals surface area contributed by atoms with E-state index < -0.39 is 10.0 Å². The summed E-state index contributed by atoms with van der Waals surface area (Å²) in [5, 5.41) is 4.86. The lowest BCUT2D eigenvalue weighted by Crippen LogP contribution is -2.32. The van der Waals surface area contributed by atoms with E-state index >= 15 is 0 Å². The van der Waals surface area contributed by atoms with Crippen LogP contribution in [0.4, 0.5) is 5.13 Å². The highest BCUT2D eigenvalue weighted by Crippen LogP contribution is 2.19. The molecule has 0 unspecified atom stereocenters. The van der Waals surface area contributed by atoms with Gasteiger partial charge in [-0.2, -0.15) is 4.52 Å². The molecular weight excluding hydrogens is 326 g/mol.